The molecule has 9 heteroatoms. The molecule has 0 radical (unpaired) electrons. The number of tetrazole rings is 1. The minimum absolute atomic E-state index is 0.00713. The highest BCUT2D eigenvalue weighted by Gasteiger charge is 2.42. The number of hydrogen-bond donors (Lipinski definition) is 1. The van der Waals surface area contributed by atoms with Crippen LogP contribution in [0.4, 0.5) is 0 Å². The number of rotatable bonds is 6. The van der Waals surface area contributed by atoms with Crippen LogP contribution in [0.1, 0.15) is 38.5 Å². The number of likely N-dealkylation sites (tertiary alicyclic amines) is 2. The van der Waals surface area contributed by atoms with Gasteiger partial charge in [-0.25, -0.2) is 4.68 Å². The molecule has 9 nitrogen and oxygen atoms in total. The molecule has 1 aromatic rings. The molecule has 2 amide bonds. The summed E-state index contributed by atoms with van der Waals surface area (Å²) in [6.07, 6.45) is 6.10. The van der Waals surface area contributed by atoms with Crippen LogP contribution in [0.15, 0.2) is 6.33 Å². The van der Waals surface area contributed by atoms with Gasteiger partial charge in [0, 0.05) is 51.0 Å². The molecule has 1 spiro atoms. The van der Waals surface area contributed by atoms with Crippen LogP contribution in [-0.4, -0.2) is 79.7 Å². The lowest BCUT2D eigenvalue weighted by Crippen LogP contribution is -2.55. The van der Waals surface area contributed by atoms with Gasteiger partial charge in [0.15, 0.2) is 0 Å². The summed E-state index contributed by atoms with van der Waals surface area (Å²) in [5, 5.41) is 20.1. The van der Waals surface area contributed by atoms with Crippen LogP contribution >= 0.6 is 0 Å². The van der Waals surface area contributed by atoms with E-state index in [1.54, 1.807) is 15.9 Å². The van der Waals surface area contributed by atoms with Crippen molar-refractivity contribution in [2.24, 2.45) is 5.41 Å². The van der Waals surface area contributed by atoms with E-state index in [0.717, 1.165) is 25.8 Å². The van der Waals surface area contributed by atoms with E-state index in [2.05, 4.69) is 15.5 Å². The zero-order chi connectivity index (χ0) is 17.7. The molecular weight excluding hydrogens is 324 g/mol. The molecule has 3 heterocycles. The minimum Gasteiger partial charge on any atom is -0.395 e. The Morgan fingerprint density at radius 3 is 2.92 bits per heavy atom. The summed E-state index contributed by atoms with van der Waals surface area (Å²) in [5.41, 5.74) is -0.00713. The molecule has 0 aliphatic carbocycles. The van der Waals surface area contributed by atoms with E-state index in [-0.39, 0.29) is 23.8 Å². The molecule has 138 valence electrons. The first-order valence-corrected chi connectivity index (χ1v) is 8.99. The van der Waals surface area contributed by atoms with Crippen LogP contribution in [-0.2, 0) is 16.1 Å². The molecule has 2 aliphatic heterocycles. The van der Waals surface area contributed by atoms with Crippen molar-refractivity contribution in [2.75, 3.05) is 32.8 Å². The SMILES string of the molecule is O=C1CC[C@]2(CCCN(C(=O)CCCn3cnnn3)C2)CN1CCO. The van der Waals surface area contributed by atoms with Crippen molar-refractivity contribution in [2.45, 2.75) is 45.1 Å². The van der Waals surface area contributed by atoms with Gasteiger partial charge in [0.1, 0.15) is 6.33 Å². The van der Waals surface area contributed by atoms with E-state index in [1.807, 2.05) is 4.90 Å². The van der Waals surface area contributed by atoms with Crippen molar-refractivity contribution in [3.8, 4) is 0 Å². The van der Waals surface area contributed by atoms with Gasteiger partial charge in [-0.15, -0.1) is 5.10 Å². The summed E-state index contributed by atoms with van der Waals surface area (Å²) in [4.78, 5) is 28.3. The zero-order valence-corrected chi connectivity index (χ0v) is 14.5. The van der Waals surface area contributed by atoms with Gasteiger partial charge < -0.3 is 14.9 Å². The maximum absolute atomic E-state index is 12.6. The fraction of sp³-hybridized carbons (Fsp3) is 0.812. The van der Waals surface area contributed by atoms with Gasteiger partial charge in [-0.3, -0.25) is 9.59 Å². The monoisotopic (exact) mass is 350 g/mol. The summed E-state index contributed by atoms with van der Waals surface area (Å²) < 4.78 is 1.63. The van der Waals surface area contributed by atoms with Gasteiger partial charge in [-0.1, -0.05) is 0 Å². The fourth-order valence-electron chi connectivity index (χ4n) is 4.01. The minimum atomic E-state index is -0.0123. The molecule has 0 unspecified atom stereocenters. The summed E-state index contributed by atoms with van der Waals surface area (Å²) in [6, 6.07) is 0. The number of aromatic nitrogens is 4. The standard InChI is InChI=1S/C16H26N6O3/c23-10-9-21-12-16(6-4-15(21)25)5-2-7-20(11-16)14(24)3-1-8-22-13-17-18-19-22/h13,23H,1-12H2/t16-/m0/s1. The van der Waals surface area contributed by atoms with Crippen LogP contribution in [0.2, 0.25) is 0 Å². The lowest BCUT2D eigenvalue weighted by molar-refractivity contribution is -0.143. The molecule has 0 bridgehead atoms. The number of carbonyl (C=O) groups excluding carboxylic acids is 2. The molecule has 2 saturated heterocycles. The lowest BCUT2D eigenvalue weighted by atomic mass is 9.73. The Morgan fingerprint density at radius 1 is 1.28 bits per heavy atom. The van der Waals surface area contributed by atoms with Crippen LogP contribution < -0.4 is 0 Å². The number of aliphatic hydroxyl groups excluding tert-OH is 1. The summed E-state index contributed by atoms with van der Waals surface area (Å²) in [6.45, 7) is 3.17. The quantitative estimate of drug-likeness (QED) is 0.754. The third-order valence-corrected chi connectivity index (χ3v) is 5.30. The second-order valence-electron chi connectivity index (χ2n) is 7.13. The van der Waals surface area contributed by atoms with E-state index < -0.39 is 0 Å². The number of hydrogen-bond acceptors (Lipinski definition) is 6. The Balaban J connectivity index is 1.53. The van der Waals surface area contributed by atoms with Crippen molar-refractivity contribution in [3.05, 3.63) is 6.33 Å². The van der Waals surface area contributed by atoms with Crippen LogP contribution in [0.25, 0.3) is 0 Å². The molecule has 3 rings (SSSR count). The molecule has 1 atom stereocenters. The highest BCUT2D eigenvalue weighted by molar-refractivity contribution is 5.78. The van der Waals surface area contributed by atoms with Crippen molar-refractivity contribution < 1.29 is 14.7 Å². The lowest BCUT2D eigenvalue weighted by Gasteiger charge is -2.48. The average Bonchev–Trinajstić information content (AvgIpc) is 3.12. The van der Waals surface area contributed by atoms with Crippen molar-refractivity contribution >= 4 is 11.8 Å². The topological polar surface area (TPSA) is 104 Å². The maximum Gasteiger partial charge on any atom is 0.222 e. The number of aryl methyl sites for hydroxylation is 1. The van der Waals surface area contributed by atoms with Crippen molar-refractivity contribution in [1.82, 2.24) is 30.0 Å². The first-order chi connectivity index (χ1) is 12.1. The number of β-amino-alcohol motifs (C(OH)–C–C–N with tert-alkyl or cyclic N) is 1. The van der Waals surface area contributed by atoms with Crippen molar-refractivity contribution in [3.63, 3.8) is 0 Å². The first kappa shape index (κ1) is 17.8. The smallest absolute Gasteiger partial charge is 0.222 e. The average molecular weight is 350 g/mol. The highest BCUT2D eigenvalue weighted by Crippen LogP contribution is 2.39. The Morgan fingerprint density at radius 2 is 2.16 bits per heavy atom. The van der Waals surface area contributed by atoms with E-state index in [1.165, 1.54) is 0 Å². The summed E-state index contributed by atoms with van der Waals surface area (Å²) >= 11 is 0. The fourth-order valence-corrected chi connectivity index (χ4v) is 4.01. The second-order valence-corrected chi connectivity index (χ2v) is 7.13. The molecule has 25 heavy (non-hydrogen) atoms. The Bertz CT molecular complexity index is 593. The largest absolute Gasteiger partial charge is 0.395 e. The molecular formula is C16H26N6O3. The van der Waals surface area contributed by atoms with Gasteiger partial charge in [0.2, 0.25) is 11.8 Å². The summed E-state index contributed by atoms with van der Waals surface area (Å²) in [5.74, 6) is 0.280. The normalized spacial score (nSPS) is 24.1. The van der Waals surface area contributed by atoms with Gasteiger partial charge >= 0.3 is 0 Å². The predicted octanol–water partition coefficient (Wildman–Crippen LogP) is -0.323. The van der Waals surface area contributed by atoms with Gasteiger partial charge in [0.25, 0.3) is 0 Å². The third-order valence-electron chi connectivity index (χ3n) is 5.30. The maximum atomic E-state index is 12.6. The van der Waals surface area contributed by atoms with E-state index in [0.29, 0.717) is 45.4 Å². The molecule has 1 N–H and O–H groups in total. The first-order valence-electron chi connectivity index (χ1n) is 8.99. The highest BCUT2D eigenvalue weighted by atomic mass is 16.3. The van der Waals surface area contributed by atoms with Gasteiger partial charge in [0.05, 0.1) is 6.61 Å². The molecule has 0 saturated carbocycles. The number of carbonyl (C=O) groups is 2. The Kier molecular flexibility index (Phi) is 5.62. The zero-order valence-electron chi connectivity index (χ0n) is 14.5. The van der Waals surface area contributed by atoms with Crippen LogP contribution in [0.5, 0.6) is 0 Å². The molecule has 2 fully saturated rings. The Labute approximate surface area is 147 Å². The van der Waals surface area contributed by atoms with E-state index in [4.69, 9.17) is 5.11 Å². The van der Waals surface area contributed by atoms with Gasteiger partial charge in [-0.2, -0.15) is 0 Å². The van der Waals surface area contributed by atoms with Crippen LogP contribution in [0, 0.1) is 5.41 Å². The number of aliphatic hydroxyl groups is 1. The predicted molar refractivity (Wildman–Crippen MR) is 88.2 cm³/mol. The molecule has 1 aromatic heterocycles. The van der Waals surface area contributed by atoms with Crippen LogP contribution in [0.3, 0.4) is 0 Å². The summed E-state index contributed by atoms with van der Waals surface area (Å²) in [7, 11) is 0. The third kappa shape index (κ3) is 4.33. The number of nitrogens with zero attached hydrogens (tertiary/aromatic N) is 6. The second kappa shape index (κ2) is 7.90. The van der Waals surface area contributed by atoms with Gasteiger partial charge in [-0.05, 0) is 36.1 Å². The number of amides is 2. The molecule has 0 aromatic carbocycles. The van der Waals surface area contributed by atoms with E-state index >= 15 is 0 Å². The Hall–Kier alpha value is -2.03. The van der Waals surface area contributed by atoms with Crippen molar-refractivity contribution in [1.29, 1.82) is 0 Å². The molecule has 2 aliphatic rings. The van der Waals surface area contributed by atoms with E-state index in [9.17, 15) is 9.59 Å². The number of piperidine rings is 2.